The number of hydrogen-bond acceptors (Lipinski definition) is 5. The van der Waals surface area contributed by atoms with Gasteiger partial charge in [-0.25, -0.2) is 4.98 Å². The van der Waals surface area contributed by atoms with Crippen LogP contribution in [0.4, 0.5) is 5.69 Å². The van der Waals surface area contributed by atoms with Crippen LogP contribution in [0, 0.1) is 6.92 Å². The molecule has 3 rings (SSSR count). The van der Waals surface area contributed by atoms with Gasteiger partial charge < -0.3 is 25.1 Å². The van der Waals surface area contributed by atoms with E-state index in [1.54, 1.807) is 20.4 Å². The van der Waals surface area contributed by atoms with Gasteiger partial charge in [-0.15, -0.1) is 24.0 Å². The highest BCUT2D eigenvalue weighted by atomic mass is 127. The number of hydrogen-bond donors (Lipinski definition) is 3. The van der Waals surface area contributed by atoms with E-state index in [1.165, 1.54) is 11.1 Å². The van der Waals surface area contributed by atoms with Crippen LogP contribution in [0.5, 0.6) is 0 Å². The quantitative estimate of drug-likeness (QED) is 0.165. The summed E-state index contributed by atoms with van der Waals surface area (Å²) in [6.07, 6.45) is 1.67. The van der Waals surface area contributed by atoms with Gasteiger partial charge in [-0.3, -0.25) is 4.99 Å². The Hall–Kier alpha value is -2.59. The fourth-order valence-corrected chi connectivity index (χ4v) is 2.84. The fraction of sp³-hybridized carbons (Fsp3) is 0.304. The third-order valence-electron chi connectivity index (χ3n) is 4.56. The maximum Gasteiger partial charge on any atom is 0.226 e. The molecule has 0 spiro atoms. The van der Waals surface area contributed by atoms with E-state index in [-0.39, 0.29) is 24.0 Å². The van der Waals surface area contributed by atoms with Crippen LogP contribution in [0.25, 0.3) is 11.5 Å². The molecular formula is C23H30IN5O2. The van der Waals surface area contributed by atoms with Crippen molar-refractivity contribution < 1.29 is 9.15 Å². The van der Waals surface area contributed by atoms with Crippen LogP contribution >= 0.6 is 24.0 Å². The zero-order valence-electron chi connectivity index (χ0n) is 18.1. The molecule has 2 aromatic carbocycles. The van der Waals surface area contributed by atoms with E-state index < -0.39 is 0 Å². The molecule has 1 heterocycles. The molecule has 31 heavy (non-hydrogen) atoms. The number of halogens is 1. The zero-order valence-corrected chi connectivity index (χ0v) is 20.5. The number of guanidine groups is 1. The molecule has 3 N–H and O–H groups in total. The van der Waals surface area contributed by atoms with Crippen molar-refractivity contribution >= 4 is 35.6 Å². The van der Waals surface area contributed by atoms with Gasteiger partial charge in [0.1, 0.15) is 6.26 Å². The number of aromatic nitrogens is 1. The molecule has 0 bridgehead atoms. The number of aryl methyl sites for hydroxylation is 1. The highest BCUT2D eigenvalue weighted by molar-refractivity contribution is 14.0. The van der Waals surface area contributed by atoms with Crippen LogP contribution < -0.4 is 16.0 Å². The molecule has 8 heteroatoms. The summed E-state index contributed by atoms with van der Waals surface area (Å²) in [7, 11) is 3.45. The van der Waals surface area contributed by atoms with Crippen LogP contribution in [0.1, 0.15) is 16.8 Å². The highest BCUT2D eigenvalue weighted by Crippen LogP contribution is 2.19. The number of nitrogens with one attached hydrogen (secondary N) is 3. The lowest BCUT2D eigenvalue weighted by Gasteiger charge is -2.11. The van der Waals surface area contributed by atoms with Gasteiger partial charge in [0.2, 0.25) is 5.89 Å². The fourth-order valence-electron chi connectivity index (χ4n) is 2.84. The molecule has 0 unspecified atom stereocenters. The lowest BCUT2D eigenvalue weighted by atomic mass is 10.1. The van der Waals surface area contributed by atoms with Crippen molar-refractivity contribution in [3.63, 3.8) is 0 Å². The molecule has 7 nitrogen and oxygen atoms in total. The van der Waals surface area contributed by atoms with Crippen LogP contribution in [0.3, 0.4) is 0 Å². The predicted molar refractivity (Wildman–Crippen MR) is 136 cm³/mol. The molecule has 1 aromatic heterocycles. The van der Waals surface area contributed by atoms with Gasteiger partial charge >= 0.3 is 0 Å². The lowest BCUT2D eigenvalue weighted by Crippen LogP contribution is -2.36. The lowest BCUT2D eigenvalue weighted by molar-refractivity contribution is 0.211. The number of ether oxygens (including phenoxy) is 1. The Bertz CT molecular complexity index is 939. The summed E-state index contributed by atoms with van der Waals surface area (Å²) in [4.78, 5) is 8.82. The minimum Gasteiger partial charge on any atom is -0.444 e. The van der Waals surface area contributed by atoms with Crippen LogP contribution in [0.2, 0.25) is 0 Å². The van der Waals surface area contributed by atoms with Crippen molar-refractivity contribution in [2.24, 2.45) is 4.99 Å². The largest absolute Gasteiger partial charge is 0.444 e. The Labute approximate surface area is 200 Å². The molecular weight excluding hydrogens is 505 g/mol. The standard InChI is InChI=1S/C23H29N5O2.HI/c1-17-4-8-19(9-5-17)22-28-21(16-30-22)15-27-23(24-2)26-14-18-6-10-20(11-7-18)25-12-13-29-3;/h4-11,16,25H,12-15H2,1-3H3,(H2,24,26,27);1H. The Morgan fingerprint density at radius 3 is 2.42 bits per heavy atom. The Balaban J connectivity index is 0.00000341. The maximum absolute atomic E-state index is 5.61. The summed E-state index contributed by atoms with van der Waals surface area (Å²) in [6, 6.07) is 16.4. The SMILES string of the molecule is CN=C(NCc1ccc(NCCOC)cc1)NCc1coc(-c2ccc(C)cc2)n1.I. The Kier molecular flexibility index (Phi) is 10.3. The molecule has 0 aliphatic rings. The van der Waals surface area contributed by atoms with Gasteiger partial charge in [-0.1, -0.05) is 29.8 Å². The number of methoxy groups -OCH3 is 1. The topological polar surface area (TPSA) is 83.7 Å². The molecule has 0 fully saturated rings. The number of rotatable bonds is 9. The molecule has 0 atom stereocenters. The third kappa shape index (κ3) is 7.87. The van der Waals surface area contributed by atoms with Gasteiger partial charge in [0.15, 0.2) is 5.96 Å². The molecule has 166 valence electrons. The third-order valence-corrected chi connectivity index (χ3v) is 4.56. The van der Waals surface area contributed by atoms with Crippen LogP contribution in [0.15, 0.2) is 64.2 Å². The molecule has 0 radical (unpaired) electrons. The van der Waals surface area contributed by atoms with Crippen molar-refractivity contribution in [3.8, 4) is 11.5 Å². The van der Waals surface area contributed by atoms with E-state index in [0.29, 0.717) is 31.5 Å². The second kappa shape index (κ2) is 13.0. The second-order valence-corrected chi connectivity index (χ2v) is 6.91. The van der Waals surface area contributed by atoms with Crippen molar-refractivity contribution in [2.45, 2.75) is 20.0 Å². The molecule has 0 amide bonds. The normalized spacial score (nSPS) is 11.0. The number of benzene rings is 2. The summed E-state index contributed by atoms with van der Waals surface area (Å²) in [5.74, 6) is 1.33. The molecule has 0 aliphatic heterocycles. The van der Waals surface area contributed by atoms with E-state index in [1.807, 2.05) is 24.3 Å². The monoisotopic (exact) mass is 535 g/mol. The molecule has 0 saturated carbocycles. The number of anilines is 1. The first-order valence-corrected chi connectivity index (χ1v) is 9.95. The van der Waals surface area contributed by atoms with E-state index in [4.69, 9.17) is 9.15 Å². The average molecular weight is 535 g/mol. The minimum absolute atomic E-state index is 0. The first-order valence-electron chi connectivity index (χ1n) is 9.95. The second-order valence-electron chi connectivity index (χ2n) is 6.91. The summed E-state index contributed by atoms with van der Waals surface area (Å²) in [5.41, 5.74) is 5.24. The van der Waals surface area contributed by atoms with Gasteiger partial charge in [-0.2, -0.15) is 0 Å². The summed E-state index contributed by atoms with van der Waals surface area (Å²) in [6.45, 7) is 4.73. The maximum atomic E-state index is 5.61. The van der Waals surface area contributed by atoms with Crippen molar-refractivity contribution in [2.75, 3.05) is 32.6 Å². The summed E-state index contributed by atoms with van der Waals surface area (Å²) >= 11 is 0. The van der Waals surface area contributed by atoms with Crippen molar-refractivity contribution in [1.82, 2.24) is 15.6 Å². The van der Waals surface area contributed by atoms with Gasteiger partial charge in [0.25, 0.3) is 0 Å². The number of aliphatic imine (C=N–C) groups is 1. The van der Waals surface area contributed by atoms with Gasteiger partial charge in [-0.05, 0) is 36.8 Å². The Morgan fingerprint density at radius 1 is 1.03 bits per heavy atom. The van der Waals surface area contributed by atoms with Gasteiger partial charge in [0.05, 0.1) is 18.8 Å². The first-order chi connectivity index (χ1) is 14.7. The average Bonchev–Trinajstić information content (AvgIpc) is 3.24. The highest BCUT2D eigenvalue weighted by Gasteiger charge is 2.07. The van der Waals surface area contributed by atoms with Crippen molar-refractivity contribution in [1.29, 1.82) is 0 Å². The number of oxazole rings is 1. The molecule has 0 saturated heterocycles. The molecule has 3 aromatic rings. The molecule has 0 aliphatic carbocycles. The van der Waals surface area contributed by atoms with E-state index in [9.17, 15) is 0 Å². The zero-order chi connectivity index (χ0) is 21.2. The van der Waals surface area contributed by atoms with Crippen LogP contribution in [-0.4, -0.2) is 38.3 Å². The number of nitrogens with zero attached hydrogens (tertiary/aromatic N) is 2. The van der Waals surface area contributed by atoms with Gasteiger partial charge in [0, 0.05) is 38.5 Å². The summed E-state index contributed by atoms with van der Waals surface area (Å²) in [5, 5.41) is 9.88. The van der Waals surface area contributed by atoms with E-state index in [2.05, 4.69) is 57.1 Å². The van der Waals surface area contributed by atoms with E-state index in [0.717, 1.165) is 23.5 Å². The van der Waals surface area contributed by atoms with Crippen molar-refractivity contribution in [3.05, 3.63) is 71.6 Å². The first kappa shape index (κ1) is 24.7. The Morgan fingerprint density at radius 2 is 1.74 bits per heavy atom. The minimum atomic E-state index is 0. The summed E-state index contributed by atoms with van der Waals surface area (Å²) < 4.78 is 10.7. The smallest absolute Gasteiger partial charge is 0.226 e. The van der Waals surface area contributed by atoms with Crippen LogP contribution in [-0.2, 0) is 17.8 Å². The predicted octanol–water partition coefficient (Wildman–Crippen LogP) is 4.19. The van der Waals surface area contributed by atoms with E-state index >= 15 is 0 Å².